The zero-order valence-corrected chi connectivity index (χ0v) is 6.56. The first-order valence-corrected chi connectivity index (χ1v) is 3.55. The Morgan fingerprint density at radius 2 is 2.33 bits per heavy atom. The molecule has 0 saturated carbocycles. The molecule has 3 nitrogen and oxygen atoms in total. The summed E-state index contributed by atoms with van der Waals surface area (Å²) >= 11 is 0. The van der Waals surface area contributed by atoms with Gasteiger partial charge in [0.15, 0.2) is 0 Å². The topological polar surface area (TPSA) is 43.1 Å². The molecule has 0 aromatic heterocycles. The normalized spacial score (nSPS) is 9.33. The second-order valence-electron chi connectivity index (χ2n) is 2.44. The van der Waals surface area contributed by atoms with Crippen LogP contribution < -0.4 is 0 Å². The molecule has 0 aliphatic carbocycles. The predicted octanol–water partition coefficient (Wildman–Crippen LogP) is 2.11. The highest BCUT2D eigenvalue weighted by atomic mass is 16.6. The van der Waals surface area contributed by atoms with Crippen LogP contribution in [-0.2, 0) is 6.54 Å². The molecular weight excluding hydrogens is 154 g/mol. The molecular formula is C9H9NO2. The molecule has 0 radical (unpaired) electrons. The number of rotatable bonds is 3. The Morgan fingerprint density at radius 3 is 2.92 bits per heavy atom. The Labute approximate surface area is 70.5 Å². The predicted molar refractivity (Wildman–Crippen MR) is 47.2 cm³/mol. The second-order valence-corrected chi connectivity index (χ2v) is 2.44. The van der Waals surface area contributed by atoms with Crippen LogP contribution in [0.25, 0.3) is 6.08 Å². The van der Waals surface area contributed by atoms with E-state index in [1.54, 1.807) is 24.3 Å². The van der Waals surface area contributed by atoms with Crippen molar-refractivity contribution < 1.29 is 4.92 Å². The number of hydrogen-bond donors (Lipinski definition) is 0. The summed E-state index contributed by atoms with van der Waals surface area (Å²) in [5.41, 5.74) is 1.62. The van der Waals surface area contributed by atoms with Gasteiger partial charge in [-0.3, -0.25) is 10.1 Å². The maximum absolute atomic E-state index is 10.1. The molecule has 0 spiro atoms. The van der Waals surface area contributed by atoms with Crippen LogP contribution in [0.1, 0.15) is 11.1 Å². The summed E-state index contributed by atoms with van der Waals surface area (Å²) in [6.45, 7) is 3.46. The van der Waals surface area contributed by atoms with Crippen molar-refractivity contribution in [3.63, 3.8) is 0 Å². The highest BCUT2D eigenvalue weighted by Crippen LogP contribution is 2.06. The maximum Gasteiger partial charge on any atom is 0.228 e. The van der Waals surface area contributed by atoms with Crippen LogP contribution in [0.4, 0.5) is 0 Å². The number of benzene rings is 1. The average molecular weight is 163 g/mol. The Bertz CT molecular complexity index is 307. The minimum Gasteiger partial charge on any atom is -0.264 e. The van der Waals surface area contributed by atoms with Gasteiger partial charge < -0.3 is 0 Å². The third-order valence-corrected chi connectivity index (χ3v) is 1.50. The van der Waals surface area contributed by atoms with Crippen molar-refractivity contribution in [2.24, 2.45) is 0 Å². The molecule has 1 aromatic rings. The first-order chi connectivity index (χ1) is 5.72. The third-order valence-electron chi connectivity index (χ3n) is 1.50. The summed E-state index contributed by atoms with van der Waals surface area (Å²) in [7, 11) is 0. The van der Waals surface area contributed by atoms with E-state index in [9.17, 15) is 10.1 Å². The third kappa shape index (κ3) is 2.20. The zero-order chi connectivity index (χ0) is 8.97. The summed E-state index contributed by atoms with van der Waals surface area (Å²) in [6, 6.07) is 7.14. The van der Waals surface area contributed by atoms with Gasteiger partial charge in [0.05, 0.1) is 0 Å². The summed E-state index contributed by atoms with van der Waals surface area (Å²) in [5, 5.41) is 10.1. The Kier molecular flexibility index (Phi) is 2.58. The van der Waals surface area contributed by atoms with Crippen molar-refractivity contribution in [2.75, 3.05) is 0 Å². The lowest BCUT2D eigenvalue weighted by Gasteiger charge is -1.96. The van der Waals surface area contributed by atoms with Crippen molar-refractivity contribution in [1.82, 2.24) is 0 Å². The van der Waals surface area contributed by atoms with Crippen LogP contribution in [-0.4, -0.2) is 4.92 Å². The van der Waals surface area contributed by atoms with Crippen molar-refractivity contribution in [2.45, 2.75) is 6.54 Å². The molecule has 0 aliphatic heterocycles. The van der Waals surface area contributed by atoms with Crippen LogP contribution in [0.2, 0.25) is 0 Å². The van der Waals surface area contributed by atoms with Gasteiger partial charge in [0.1, 0.15) is 0 Å². The molecule has 0 heterocycles. The molecule has 0 N–H and O–H groups in total. The second kappa shape index (κ2) is 3.67. The van der Waals surface area contributed by atoms with Gasteiger partial charge in [0.25, 0.3) is 0 Å². The molecule has 0 bridgehead atoms. The molecule has 12 heavy (non-hydrogen) atoms. The van der Waals surface area contributed by atoms with E-state index in [-0.39, 0.29) is 11.5 Å². The van der Waals surface area contributed by atoms with E-state index in [0.717, 1.165) is 5.56 Å². The van der Waals surface area contributed by atoms with Gasteiger partial charge in [-0.25, -0.2) is 0 Å². The molecule has 0 unspecified atom stereocenters. The summed E-state index contributed by atoms with van der Waals surface area (Å²) < 4.78 is 0. The monoisotopic (exact) mass is 163 g/mol. The van der Waals surface area contributed by atoms with Crippen molar-refractivity contribution >= 4 is 6.08 Å². The molecule has 0 atom stereocenters. The first kappa shape index (κ1) is 8.46. The van der Waals surface area contributed by atoms with E-state index in [1.807, 2.05) is 6.07 Å². The number of nitrogens with zero attached hydrogens (tertiary/aromatic N) is 1. The van der Waals surface area contributed by atoms with Crippen LogP contribution in [0, 0.1) is 10.1 Å². The highest BCUT2D eigenvalue weighted by molar-refractivity contribution is 5.47. The van der Waals surface area contributed by atoms with E-state index < -0.39 is 0 Å². The van der Waals surface area contributed by atoms with Crippen LogP contribution in [0.15, 0.2) is 30.8 Å². The Morgan fingerprint density at radius 1 is 1.58 bits per heavy atom. The van der Waals surface area contributed by atoms with Crippen LogP contribution in [0.5, 0.6) is 0 Å². The number of hydrogen-bond acceptors (Lipinski definition) is 2. The summed E-state index contributed by atoms with van der Waals surface area (Å²) in [6.07, 6.45) is 1.67. The molecule has 62 valence electrons. The minimum absolute atomic E-state index is 0.123. The lowest BCUT2D eigenvalue weighted by molar-refractivity contribution is -0.496. The lowest BCUT2D eigenvalue weighted by Crippen LogP contribution is -1.97. The fraction of sp³-hybridized carbons (Fsp3) is 0.111. The van der Waals surface area contributed by atoms with E-state index in [2.05, 4.69) is 6.58 Å². The molecule has 3 heteroatoms. The summed E-state index contributed by atoms with van der Waals surface area (Å²) in [5.74, 6) is 0. The Balaban J connectivity index is 2.86. The van der Waals surface area contributed by atoms with Gasteiger partial charge in [0.2, 0.25) is 6.54 Å². The van der Waals surface area contributed by atoms with Crippen molar-refractivity contribution in [1.29, 1.82) is 0 Å². The standard InChI is InChI=1S/C9H9NO2/c1-2-8-4-3-5-9(6-8)7-10(11)12/h2-6H,1,7H2. The van der Waals surface area contributed by atoms with Crippen LogP contribution in [0.3, 0.4) is 0 Å². The average Bonchev–Trinajstić information content (AvgIpc) is 2.03. The zero-order valence-electron chi connectivity index (χ0n) is 6.56. The fourth-order valence-electron chi connectivity index (χ4n) is 0.968. The van der Waals surface area contributed by atoms with Crippen molar-refractivity contribution in [3.05, 3.63) is 52.1 Å². The summed E-state index contributed by atoms with van der Waals surface area (Å²) in [4.78, 5) is 9.80. The van der Waals surface area contributed by atoms with Gasteiger partial charge in [0, 0.05) is 10.5 Å². The molecule has 0 fully saturated rings. The molecule has 1 aromatic carbocycles. The maximum atomic E-state index is 10.1. The van der Waals surface area contributed by atoms with Gasteiger partial charge in [-0.2, -0.15) is 0 Å². The lowest BCUT2D eigenvalue weighted by atomic mass is 10.1. The van der Waals surface area contributed by atoms with Gasteiger partial charge in [-0.1, -0.05) is 30.9 Å². The van der Waals surface area contributed by atoms with E-state index >= 15 is 0 Å². The molecule has 0 saturated heterocycles. The fourth-order valence-corrected chi connectivity index (χ4v) is 0.968. The SMILES string of the molecule is C=Cc1cccc(C[N+](=O)[O-])c1. The van der Waals surface area contributed by atoms with Gasteiger partial charge >= 0.3 is 0 Å². The molecule has 0 aliphatic rings. The van der Waals surface area contributed by atoms with E-state index in [4.69, 9.17) is 0 Å². The quantitative estimate of drug-likeness (QED) is 0.506. The first-order valence-electron chi connectivity index (χ1n) is 3.55. The smallest absolute Gasteiger partial charge is 0.228 e. The molecule has 1 rings (SSSR count). The largest absolute Gasteiger partial charge is 0.264 e. The van der Waals surface area contributed by atoms with Crippen LogP contribution >= 0.6 is 0 Å². The van der Waals surface area contributed by atoms with Crippen molar-refractivity contribution in [3.8, 4) is 0 Å². The molecule has 0 amide bonds. The highest BCUT2D eigenvalue weighted by Gasteiger charge is 1.99. The van der Waals surface area contributed by atoms with E-state index in [1.165, 1.54) is 0 Å². The van der Waals surface area contributed by atoms with Gasteiger partial charge in [-0.15, -0.1) is 0 Å². The number of nitro groups is 1. The van der Waals surface area contributed by atoms with E-state index in [0.29, 0.717) is 5.56 Å². The Hall–Kier alpha value is -1.64. The van der Waals surface area contributed by atoms with Gasteiger partial charge in [-0.05, 0) is 11.6 Å². The minimum atomic E-state index is -0.345.